The lowest BCUT2D eigenvalue weighted by Crippen LogP contribution is -2.41. The lowest BCUT2D eigenvalue weighted by atomic mass is 10.1. The number of benzene rings is 1. The molecule has 0 radical (unpaired) electrons. The van der Waals surface area contributed by atoms with E-state index in [1.54, 1.807) is 18.4 Å². The van der Waals surface area contributed by atoms with Crippen LogP contribution in [0.2, 0.25) is 0 Å². The minimum atomic E-state index is -1.20. The number of carbonyl (C=O) groups is 3. The molecule has 1 aromatic carbocycles. The number of nitrogens with one attached hydrogen (secondary N) is 2. The lowest BCUT2D eigenvalue weighted by Gasteiger charge is -2.14. The zero-order valence-electron chi connectivity index (χ0n) is 11.8. The van der Waals surface area contributed by atoms with E-state index in [-0.39, 0.29) is 30.1 Å². The van der Waals surface area contributed by atoms with Gasteiger partial charge in [-0.05, 0) is 18.4 Å². The summed E-state index contributed by atoms with van der Waals surface area (Å²) < 4.78 is 0. The number of aromatic carboxylic acids is 1. The van der Waals surface area contributed by atoms with E-state index in [4.69, 9.17) is 10.4 Å². The Hall–Kier alpha value is -2.53. The fraction of sp³-hybridized carbons (Fsp3) is 0.286. The molecule has 1 rings (SSSR count). The van der Waals surface area contributed by atoms with Crippen LogP contribution in [0.3, 0.4) is 0 Å². The van der Waals surface area contributed by atoms with E-state index in [9.17, 15) is 14.4 Å². The molecule has 2 amide bonds. The van der Waals surface area contributed by atoms with E-state index in [1.807, 2.05) is 0 Å². The zero-order chi connectivity index (χ0) is 16.5. The zero-order valence-corrected chi connectivity index (χ0v) is 12.6. The molecule has 0 aromatic heterocycles. The van der Waals surface area contributed by atoms with Gasteiger partial charge in [0, 0.05) is 6.54 Å². The van der Waals surface area contributed by atoms with E-state index >= 15 is 0 Å². The molecule has 22 heavy (non-hydrogen) atoms. The first kappa shape index (κ1) is 17.5. The largest absolute Gasteiger partial charge is 0.478 e. The maximum absolute atomic E-state index is 12.1. The third kappa shape index (κ3) is 4.79. The van der Waals surface area contributed by atoms with Gasteiger partial charge in [-0.3, -0.25) is 9.59 Å². The second-order valence-electron chi connectivity index (χ2n) is 4.16. The maximum Gasteiger partial charge on any atom is 0.336 e. The van der Waals surface area contributed by atoms with Crippen molar-refractivity contribution in [1.29, 1.82) is 5.26 Å². The van der Waals surface area contributed by atoms with Crippen molar-refractivity contribution < 1.29 is 19.5 Å². The summed E-state index contributed by atoms with van der Waals surface area (Å²) in [5, 5.41) is 21.9. The van der Waals surface area contributed by atoms with E-state index in [0.29, 0.717) is 0 Å². The quantitative estimate of drug-likeness (QED) is 0.629. The number of hydrogen-bond donors (Lipinski definition) is 3. The molecule has 116 valence electrons. The molecule has 0 aliphatic rings. The fourth-order valence-corrected chi connectivity index (χ4v) is 2.22. The van der Waals surface area contributed by atoms with Crippen molar-refractivity contribution in [2.75, 3.05) is 19.3 Å². The second kappa shape index (κ2) is 8.69. The van der Waals surface area contributed by atoms with Gasteiger partial charge in [-0.15, -0.1) is 0 Å². The SMILES string of the molecule is CSC(CNC(=O)c1ccccc1C(=O)O)C(=O)NCC#N. The van der Waals surface area contributed by atoms with Gasteiger partial charge in [0.2, 0.25) is 5.91 Å². The molecule has 0 spiro atoms. The van der Waals surface area contributed by atoms with Crippen LogP contribution in [0, 0.1) is 11.3 Å². The number of carboxylic acids is 1. The van der Waals surface area contributed by atoms with E-state index in [0.717, 1.165) is 0 Å². The topological polar surface area (TPSA) is 119 Å². The van der Waals surface area contributed by atoms with Crippen molar-refractivity contribution in [3.8, 4) is 6.07 Å². The number of nitrogens with zero attached hydrogens (tertiary/aromatic N) is 1. The molecular formula is C14H15N3O4S. The van der Waals surface area contributed by atoms with Gasteiger partial charge in [0.05, 0.1) is 17.2 Å². The number of rotatable bonds is 7. The summed E-state index contributed by atoms with van der Waals surface area (Å²) in [6.45, 7) is -0.0725. The van der Waals surface area contributed by atoms with Crippen molar-refractivity contribution in [2.24, 2.45) is 0 Å². The minimum Gasteiger partial charge on any atom is -0.478 e. The van der Waals surface area contributed by atoms with Gasteiger partial charge in [-0.25, -0.2) is 4.79 Å². The molecule has 1 aromatic rings. The second-order valence-corrected chi connectivity index (χ2v) is 5.20. The summed E-state index contributed by atoms with van der Waals surface area (Å²) in [5.74, 6) is -2.12. The third-order valence-electron chi connectivity index (χ3n) is 2.77. The van der Waals surface area contributed by atoms with Gasteiger partial charge in [-0.1, -0.05) is 12.1 Å². The van der Waals surface area contributed by atoms with Crippen molar-refractivity contribution in [3.63, 3.8) is 0 Å². The molecular weight excluding hydrogens is 306 g/mol. The van der Waals surface area contributed by atoms with Crippen LogP contribution in [0.4, 0.5) is 0 Å². The van der Waals surface area contributed by atoms with Crippen molar-refractivity contribution in [3.05, 3.63) is 35.4 Å². The van der Waals surface area contributed by atoms with Gasteiger partial charge >= 0.3 is 5.97 Å². The summed E-state index contributed by atoms with van der Waals surface area (Å²) in [6, 6.07) is 7.63. The monoisotopic (exact) mass is 321 g/mol. The van der Waals surface area contributed by atoms with Crippen LogP contribution in [-0.4, -0.2) is 47.5 Å². The molecule has 0 heterocycles. The van der Waals surface area contributed by atoms with Crippen LogP contribution in [-0.2, 0) is 4.79 Å². The van der Waals surface area contributed by atoms with Crippen molar-refractivity contribution >= 4 is 29.5 Å². The summed E-state index contributed by atoms with van der Waals surface area (Å²) in [4.78, 5) is 34.9. The molecule has 8 heteroatoms. The number of carboxylic acid groups (broad SMARTS) is 1. The molecule has 0 saturated heterocycles. The molecule has 1 atom stereocenters. The van der Waals surface area contributed by atoms with Gasteiger partial charge in [0.25, 0.3) is 5.91 Å². The standard InChI is InChI=1S/C14H15N3O4S/c1-22-11(13(19)16-7-6-15)8-17-12(18)9-4-2-3-5-10(9)14(20)21/h2-5,11H,7-8H2,1H3,(H,16,19)(H,17,18)(H,20,21). The highest BCUT2D eigenvalue weighted by atomic mass is 32.2. The number of hydrogen-bond acceptors (Lipinski definition) is 5. The molecule has 1 unspecified atom stereocenters. The first-order valence-corrected chi connectivity index (χ1v) is 7.58. The van der Waals surface area contributed by atoms with Crippen LogP contribution in [0.15, 0.2) is 24.3 Å². The summed E-state index contributed by atoms with van der Waals surface area (Å²) in [7, 11) is 0. The Labute approximate surface area is 131 Å². The number of amides is 2. The molecule has 0 aliphatic carbocycles. The van der Waals surface area contributed by atoms with Crippen LogP contribution in [0.25, 0.3) is 0 Å². The Morgan fingerprint density at radius 1 is 1.27 bits per heavy atom. The lowest BCUT2D eigenvalue weighted by molar-refractivity contribution is -0.120. The molecule has 0 bridgehead atoms. The maximum atomic E-state index is 12.1. The Bertz CT molecular complexity index is 612. The molecule has 7 nitrogen and oxygen atoms in total. The average molecular weight is 321 g/mol. The van der Waals surface area contributed by atoms with Gasteiger partial charge in [0.1, 0.15) is 11.8 Å². The summed E-state index contributed by atoms with van der Waals surface area (Å²) >= 11 is 1.22. The normalized spacial score (nSPS) is 11.1. The van der Waals surface area contributed by atoms with Crippen LogP contribution in [0.1, 0.15) is 20.7 Å². The summed E-state index contributed by atoms with van der Waals surface area (Å²) in [6.07, 6.45) is 1.70. The molecule has 0 fully saturated rings. The third-order valence-corrected chi connectivity index (χ3v) is 3.72. The highest BCUT2D eigenvalue weighted by Crippen LogP contribution is 2.10. The first-order valence-electron chi connectivity index (χ1n) is 6.29. The smallest absolute Gasteiger partial charge is 0.336 e. The minimum absolute atomic E-state index is 0.0330. The Balaban J connectivity index is 2.71. The highest BCUT2D eigenvalue weighted by molar-refractivity contribution is 7.99. The number of carbonyl (C=O) groups excluding carboxylic acids is 2. The predicted octanol–water partition coefficient (Wildman–Crippen LogP) is 0.486. The van der Waals surface area contributed by atoms with Crippen molar-refractivity contribution in [1.82, 2.24) is 10.6 Å². The number of thioether (sulfide) groups is 1. The fourth-order valence-electron chi connectivity index (χ4n) is 1.67. The predicted molar refractivity (Wildman–Crippen MR) is 81.7 cm³/mol. The average Bonchev–Trinajstić information content (AvgIpc) is 2.53. The first-order chi connectivity index (χ1) is 10.5. The molecule has 0 aliphatic heterocycles. The van der Waals surface area contributed by atoms with Gasteiger partial charge in [0.15, 0.2) is 0 Å². The Morgan fingerprint density at radius 3 is 2.45 bits per heavy atom. The molecule has 0 saturated carbocycles. The Morgan fingerprint density at radius 2 is 1.91 bits per heavy atom. The van der Waals surface area contributed by atoms with Gasteiger partial charge < -0.3 is 15.7 Å². The highest BCUT2D eigenvalue weighted by Gasteiger charge is 2.20. The Kier molecular flexibility index (Phi) is 6.92. The molecule has 3 N–H and O–H groups in total. The van der Waals surface area contributed by atoms with Crippen molar-refractivity contribution in [2.45, 2.75) is 5.25 Å². The number of nitriles is 1. The van der Waals surface area contributed by atoms with Gasteiger partial charge in [-0.2, -0.15) is 17.0 Å². The van der Waals surface area contributed by atoms with E-state index in [2.05, 4.69) is 10.6 Å². The van der Waals surface area contributed by atoms with Crippen LogP contribution in [0.5, 0.6) is 0 Å². The van der Waals surface area contributed by atoms with Crippen LogP contribution < -0.4 is 10.6 Å². The summed E-state index contributed by atoms with van der Waals surface area (Å²) in [5.41, 5.74) is -0.0677. The van der Waals surface area contributed by atoms with E-state index < -0.39 is 17.1 Å². The van der Waals surface area contributed by atoms with E-state index in [1.165, 1.54) is 30.0 Å². The van der Waals surface area contributed by atoms with Crippen LogP contribution >= 0.6 is 11.8 Å².